The van der Waals surface area contributed by atoms with E-state index < -0.39 is 6.10 Å². The quantitative estimate of drug-likeness (QED) is 0.0262. The van der Waals surface area contributed by atoms with Gasteiger partial charge < -0.3 is 14.2 Å². The Labute approximate surface area is 407 Å². The lowest BCUT2D eigenvalue weighted by molar-refractivity contribution is -0.167. The molecule has 0 aromatic carbocycles. The van der Waals surface area contributed by atoms with Gasteiger partial charge in [-0.05, 0) is 96.3 Å². The molecule has 0 aliphatic rings. The maximum Gasteiger partial charge on any atom is 0.306 e. The van der Waals surface area contributed by atoms with Gasteiger partial charge >= 0.3 is 17.9 Å². The number of allylic oxidation sites excluding steroid dienone is 16. The highest BCUT2D eigenvalue weighted by molar-refractivity contribution is 5.71. The molecule has 66 heavy (non-hydrogen) atoms. The highest BCUT2D eigenvalue weighted by Crippen LogP contribution is 2.15. The SMILES string of the molecule is CC/C=C\C/C=C\C/C=C\C/C=C\C/C=C\CCCCCCCCCC(=O)OCC(COC(=O)CCCCCCCCCCCCCC)OC(=O)CCCCC/C=C\C/C=C\C/C=C\CC. The Balaban J connectivity index is 4.36. The third kappa shape index (κ3) is 51.3. The van der Waals surface area contributed by atoms with Crippen molar-refractivity contribution in [2.24, 2.45) is 0 Å². The van der Waals surface area contributed by atoms with Crippen molar-refractivity contribution in [2.45, 2.75) is 252 Å². The molecule has 0 rings (SSSR count). The molecule has 0 N–H and O–H groups in total. The molecule has 0 saturated carbocycles. The summed E-state index contributed by atoms with van der Waals surface area (Å²) >= 11 is 0. The fraction of sp³-hybridized carbons (Fsp3) is 0.683. The fourth-order valence-electron chi connectivity index (χ4n) is 7.31. The molecule has 0 fully saturated rings. The van der Waals surface area contributed by atoms with Gasteiger partial charge in [0.05, 0.1) is 0 Å². The van der Waals surface area contributed by atoms with E-state index in [0.717, 1.165) is 122 Å². The summed E-state index contributed by atoms with van der Waals surface area (Å²) in [4.78, 5) is 38.0. The number of unbranched alkanes of at least 4 members (excludes halogenated alkanes) is 21. The zero-order chi connectivity index (χ0) is 47.9. The Hall–Kier alpha value is -3.67. The lowest BCUT2D eigenvalue weighted by Crippen LogP contribution is -2.30. The molecule has 0 saturated heterocycles. The predicted molar refractivity (Wildman–Crippen MR) is 284 cm³/mol. The van der Waals surface area contributed by atoms with Crippen LogP contribution in [-0.4, -0.2) is 37.2 Å². The average Bonchev–Trinajstić information content (AvgIpc) is 3.31. The van der Waals surface area contributed by atoms with Gasteiger partial charge in [0.15, 0.2) is 6.10 Å². The van der Waals surface area contributed by atoms with E-state index in [2.05, 4.69) is 118 Å². The van der Waals surface area contributed by atoms with Crippen LogP contribution in [0.2, 0.25) is 0 Å². The zero-order valence-corrected chi connectivity index (χ0v) is 42.9. The van der Waals surface area contributed by atoms with E-state index in [-0.39, 0.29) is 31.1 Å². The van der Waals surface area contributed by atoms with Crippen LogP contribution in [0.1, 0.15) is 245 Å². The monoisotopic (exact) mass is 917 g/mol. The van der Waals surface area contributed by atoms with Crippen LogP contribution in [0.25, 0.3) is 0 Å². The average molecular weight is 917 g/mol. The molecule has 0 bridgehead atoms. The van der Waals surface area contributed by atoms with Crippen LogP contribution in [0.3, 0.4) is 0 Å². The molecule has 1 atom stereocenters. The van der Waals surface area contributed by atoms with Crippen molar-refractivity contribution in [3.8, 4) is 0 Å². The minimum Gasteiger partial charge on any atom is -0.462 e. The van der Waals surface area contributed by atoms with E-state index in [1.165, 1.54) is 83.5 Å². The third-order valence-electron chi connectivity index (χ3n) is 11.3. The molecule has 0 heterocycles. The number of esters is 3. The molecule has 1 unspecified atom stereocenters. The predicted octanol–water partition coefficient (Wildman–Crippen LogP) is 18.1. The molecule has 376 valence electrons. The summed E-state index contributed by atoms with van der Waals surface area (Å²) in [7, 11) is 0. The molecule has 0 radical (unpaired) electrons. The highest BCUT2D eigenvalue weighted by atomic mass is 16.6. The van der Waals surface area contributed by atoms with E-state index in [1.807, 2.05) is 0 Å². The number of carbonyl (C=O) groups excluding carboxylic acids is 3. The van der Waals surface area contributed by atoms with Gasteiger partial charge in [-0.15, -0.1) is 0 Å². The van der Waals surface area contributed by atoms with Crippen LogP contribution in [0.5, 0.6) is 0 Å². The van der Waals surface area contributed by atoms with Gasteiger partial charge in [-0.3, -0.25) is 14.4 Å². The van der Waals surface area contributed by atoms with Crippen molar-refractivity contribution in [3.05, 3.63) is 97.2 Å². The van der Waals surface area contributed by atoms with Crippen LogP contribution in [-0.2, 0) is 28.6 Å². The maximum atomic E-state index is 12.8. The zero-order valence-electron chi connectivity index (χ0n) is 42.9. The van der Waals surface area contributed by atoms with Gasteiger partial charge in [0.2, 0.25) is 0 Å². The topological polar surface area (TPSA) is 78.9 Å². The standard InChI is InChI=1S/C60H100O6/c1-4-7-10-13-16-19-22-25-26-27-28-29-30-31-32-33-34-36-38-41-44-47-50-53-59(62)65-56-57(55-64-58(61)52-49-46-43-40-37-24-21-18-15-12-9-6-3)66-60(63)54-51-48-45-42-39-35-23-20-17-14-11-8-5-2/h7-8,10-11,16-17,19-20,25-26,28-29,31-32,35,39,57H,4-6,9,12-15,18,21-24,27,30,33-34,36-38,40-56H2,1-3H3/b10-7-,11-8-,19-16-,20-17-,26-25-,29-28-,32-31-,39-35-. The molecule has 0 aliphatic carbocycles. The van der Waals surface area contributed by atoms with E-state index in [4.69, 9.17) is 14.2 Å². The van der Waals surface area contributed by atoms with E-state index in [0.29, 0.717) is 19.3 Å². The summed E-state index contributed by atoms with van der Waals surface area (Å²) in [6.45, 7) is 6.37. The summed E-state index contributed by atoms with van der Waals surface area (Å²) in [5.41, 5.74) is 0. The second-order valence-corrected chi connectivity index (χ2v) is 17.7. The molecule has 6 heteroatoms. The first-order valence-electron chi connectivity index (χ1n) is 27.2. The molecule has 0 aromatic rings. The van der Waals surface area contributed by atoms with Crippen molar-refractivity contribution in [1.82, 2.24) is 0 Å². The molecule has 0 amide bonds. The summed E-state index contributed by atoms with van der Waals surface area (Å²) in [5, 5.41) is 0. The molecule has 0 spiro atoms. The molecule has 6 nitrogen and oxygen atoms in total. The number of rotatable bonds is 48. The van der Waals surface area contributed by atoms with Crippen molar-refractivity contribution < 1.29 is 28.6 Å². The molecular weight excluding hydrogens is 817 g/mol. The van der Waals surface area contributed by atoms with E-state index >= 15 is 0 Å². The van der Waals surface area contributed by atoms with Crippen LogP contribution in [0.15, 0.2) is 97.2 Å². The van der Waals surface area contributed by atoms with E-state index in [1.54, 1.807) is 0 Å². The van der Waals surface area contributed by atoms with Gasteiger partial charge in [-0.2, -0.15) is 0 Å². The second-order valence-electron chi connectivity index (χ2n) is 17.7. The largest absolute Gasteiger partial charge is 0.462 e. The fourth-order valence-corrected chi connectivity index (χ4v) is 7.31. The van der Waals surface area contributed by atoms with Crippen molar-refractivity contribution >= 4 is 17.9 Å². The van der Waals surface area contributed by atoms with Gasteiger partial charge in [-0.25, -0.2) is 0 Å². The summed E-state index contributed by atoms with van der Waals surface area (Å²) < 4.78 is 16.8. The van der Waals surface area contributed by atoms with Gasteiger partial charge in [-0.1, -0.05) is 227 Å². The Bertz CT molecular complexity index is 1330. The molecule has 0 aromatic heterocycles. The number of ether oxygens (including phenoxy) is 3. The number of hydrogen-bond donors (Lipinski definition) is 0. The summed E-state index contributed by atoms with van der Waals surface area (Å²) in [5.74, 6) is -0.933. The van der Waals surface area contributed by atoms with Crippen LogP contribution in [0.4, 0.5) is 0 Å². The van der Waals surface area contributed by atoms with Gasteiger partial charge in [0.25, 0.3) is 0 Å². The van der Waals surface area contributed by atoms with Crippen molar-refractivity contribution in [2.75, 3.05) is 13.2 Å². The van der Waals surface area contributed by atoms with Gasteiger partial charge in [0, 0.05) is 19.3 Å². The van der Waals surface area contributed by atoms with Crippen molar-refractivity contribution in [3.63, 3.8) is 0 Å². The number of carbonyl (C=O) groups is 3. The van der Waals surface area contributed by atoms with Crippen molar-refractivity contribution in [1.29, 1.82) is 0 Å². The lowest BCUT2D eigenvalue weighted by Gasteiger charge is -2.18. The first kappa shape index (κ1) is 62.3. The van der Waals surface area contributed by atoms with Crippen LogP contribution < -0.4 is 0 Å². The maximum absolute atomic E-state index is 12.8. The minimum atomic E-state index is -0.796. The second kappa shape index (κ2) is 53.9. The third-order valence-corrected chi connectivity index (χ3v) is 11.3. The Morgan fingerprint density at radius 3 is 0.939 bits per heavy atom. The normalized spacial score (nSPS) is 12.8. The van der Waals surface area contributed by atoms with Gasteiger partial charge in [0.1, 0.15) is 13.2 Å². The minimum absolute atomic E-state index is 0.0919. The Kier molecular flexibility index (Phi) is 50.9. The van der Waals surface area contributed by atoms with Crippen LogP contribution in [0, 0.1) is 0 Å². The summed E-state index contributed by atoms with van der Waals surface area (Å²) in [6.07, 6.45) is 71.1. The highest BCUT2D eigenvalue weighted by Gasteiger charge is 2.19. The van der Waals surface area contributed by atoms with E-state index in [9.17, 15) is 14.4 Å². The first-order chi connectivity index (χ1) is 32.5. The first-order valence-corrected chi connectivity index (χ1v) is 27.2. The summed E-state index contributed by atoms with van der Waals surface area (Å²) in [6, 6.07) is 0. The smallest absolute Gasteiger partial charge is 0.306 e. The lowest BCUT2D eigenvalue weighted by atomic mass is 10.0. The van der Waals surface area contributed by atoms with Crippen LogP contribution >= 0.6 is 0 Å². The number of hydrogen-bond acceptors (Lipinski definition) is 6. The Morgan fingerprint density at radius 2 is 0.591 bits per heavy atom. The molecular formula is C60H100O6. The Morgan fingerprint density at radius 1 is 0.318 bits per heavy atom. The molecule has 0 aliphatic heterocycles.